The molecule has 1 unspecified atom stereocenters. The first kappa shape index (κ1) is 22.3. The van der Waals surface area contributed by atoms with Crippen molar-refractivity contribution in [2.75, 3.05) is 17.8 Å². The third kappa shape index (κ3) is 6.02. The molecule has 1 aliphatic heterocycles. The van der Waals surface area contributed by atoms with Crippen molar-refractivity contribution in [1.82, 2.24) is 5.32 Å². The second kappa shape index (κ2) is 9.02. The first-order valence-electron chi connectivity index (χ1n) is 8.42. The molecule has 3 rings (SSSR count). The van der Waals surface area contributed by atoms with Crippen LogP contribution in [0.25, 0.3) is 0 Å². The van der Waals surface area contributed by atoms with Crippen LogP contribution in [0.1, 0.15) is 24.3 Å². The van der Waals surface area contributed by atoms with E-state index in [0.29, 0.717) is 11.6 Å². The zero-order valence-corrected chi connectivity index (χ0v) is 16.2. The Bertz CT molecular complexity index is 884. The van der Waals surface area contributed by atoms with Gasteiger partial charge in [-0.2, -0.15) is 0 Å². The highest BCUT2D eigenvalue weighted by molar-refractivity contribution is 7.92. The van der Waals surface area contributed by atoms with E-state index in [1.807, 2.05) is 6.07 Å². The van der Waals surface area contributed by atoms with Gasteiger partial charge in [-0.1, -0.05) is 12.1 Å². The van der Waals surface area contributed by atoms with Crippen molar-refractivity contribution in [1.29, 1.82) is 0 Å². The average Bonchev–Trinajstić information content (AvgIpc) is 2.61. The highest BCUT2D eigenvalue weighted by Crippen LogP contribution is 2.27. The van der Waals surface area contributed by atoms with Gasteiger partial charge < -0.3 is 22.5 Å². The molecule has 10 heteroatoms. The van der Waals surface area contributed by atoms with E-state index in [-0.39, 0.29) is 17.3 Å². The molecule has 28 heavy (non-hydrogen) atoms. The summed E-state index contributed by atoms with van der Waals surface area (Å²) in [6.45, 7) is 1.83. The van der Waals surface area contributed by atoms with Gasteiger partial charge in [0.15, 0.2) is 0 Å². The zero-order chi connectivity index (χ0) is 19.5. The maximum atomic E-state index is 12.5. The standard InChI is InChI=1S/C18H19F3N2O3S.ClH/c19-18(20,21)26-16-6-8-17(9-7-16)27(24,25)23-15-5-1-3-13(11-15)14-4-2-10-22-12-14;/h1,3,5-9,11,14,22-23H,2,4,10,12H2;1H/p-1. The molecule has 1 heterocycles. The fourth-order valence-corrected chi connectivity index (χ4v) is 4.08. The lowest BCUT2D eigenvalue weighted by molar-refractivity contribution is -0.274. The molecule has 1 aliphatic rings. The van der Waals surface area contributed by atoms with Gasteiger partial charge in [-0.25, -0.2) is 8.42 Å². The van der Waals surface area contributed by atoms with Crippen molar-refractivity contribution in [2.45, 2.75) is 30.0 Å². The zero-order valence-electron chi connectivity index (χ0n) is 14.7. The molecular weight excluding hydrogens is 417 g/mol. The molecule has 2 N–H and O–H groups in total. The van der Waals surface area contributed by atoms with Crippen LogP contribution >= 0.6 is 0 Å². The van der Waals surface area contributed by atoms with Gasteiger partial charge >= 0.3 is 6.36 Å². The lowest BCUT2D eigenvalue weighted by Gasteiger charge is -2.23. The maximum Gasteiger partial charge on any atom is 0.573 e. The number of nitrogens with one attached hydrogen (secondary N) is 2. The number of halogens is 4. The van der Waals surface area contributed by atoms with Crippen molar-refractivity contribution in [3.8, 4) is 5.75 Å². The number of alkyl halides is 3. The number of rotatable bonds is 5. The van der Waals surface area contributed by atoms with Gasteiger partial charge in [0.25, 0.3) is 10.0 Å². The van der Waals surface area contributed by atoms with Crippen LogP contribution in [0.2, 0.25) is 0 Å². The third-order valence-electron chi connectivity index (χ3n) is 4.27. The summed E-state index contributed by atoms with van der Waals surface area (Å²) in [6, 6.07) is 11.2. The molecule has 0 aromatic heterocycles. The van der Waals surface area contributed by atoms with Crippen molar-refractivity contribution in [3.05, 3.63) is 54.1 Å². The number of anilines is 1. The summed E-state index contributed by atoms with van der Waals surface area (Å²) in [5.41, 5.74) is 1.45. The molecule has 154 valence electrons. The molecule has 1 saturated heterocycles. The first-order valence-corrected chi connectivity index (χ1v) is 9.90. The Morgan fingerprint density at radius 1 is 1.11 bits per heavy atom. The fourth-order valence-electron chi connectivity index (χ4n) is 3.03. The van der Waals surface area contributed by atoms with Crippen LogP contribution in [-0.4, -0.2) is 27.9 Å². The molecule has 1 fully saturated rings. The predicted molar refractivity (Wildman–Crippen MR) is 95.2 cm³/mol. The summed E-state index contributed by atoms with van der Waals surface area (Å²) < 4.78 is 67.8. The van der Waals surface area contributed by atoms with E-state index < -0.39 is 22.1 Å². The summed E-state index contributed by atoms with van der Waals surface area (Å²) in [4.78, 5) is -0.151. The van der Waals surface area contributed by atoms with Gasteiger partial charge in [0.2, 0.25) is 0 Å². The number of hydrogen-bond donors (Lipinski definition) is 2. The van der Waals surface area contributed by atoms with Crippen molar-refractivity contribution < 1.29 is 38.7 Å². The molecule has 2 aromatic rings. The minimum absolute atomic E-state index is 0. The molecule has 0 amide bonds. The Hall–Kier alpha value is -1.97. The molecule has 1 atom stereocenters. The second-order valence-electron chi connectivity index (χ2n) is 6.29. The minimum atomic E-state index is -4.83. The number of piperidine rings is 1. The van der Waals surface area contributed by atoms with Crippen LogP contribution in [-0.2, 0) is 10.0 Å². The van der Waals surface area contributed by atoms with Crippen LogP contribution in [0.4, 0.5) is 18.9 Å². The quantitative estimate of drug-likeness (QED) is 0.731. The number of hydrogen-bond acceptors (Lipinski definition) is 4. The second-order valence-corrected chi connectivity index (χ2v) is 7.98. The topological polar surface area (TPSA) is 67.4 Å². The van der Waals surface area contributed by atoms with Gasteiger partial charge in [-0.3, -0.25) is 4.72 Å². The molecule has 0 aliphatic carbocycles. The Balaban J connectivity index is 0.00000280. The highest BCUT2D eigenvalue weighted by atomic mass is 35.5. The molecular formula is C18H19ClF3N2O3S-. The van der Waals surface area contributed by atoms with Crippen LogP contribution in [0.15, 0.2) is 53.4 Å². The normalized spacial score (nSPS) is 17.5. The van der Waals surface area contributed by atoms with Crippen LogP contribution in [0.3, 0.4) is 0 Å². The summed E-state index contributed by atoms with van der Waals surface area (Å²) in [6.07, 6.45) is -2.73. The monoisotopic (exact) mass is 435 g/mol. The van der Waals surface area contributed by atoms with Gasteiger partial charge in [0, 0.05) is 12.2 Å². The molecule has 0 bridgehead atoms. The minimum Gasteiger partial charge on any atom is -1.00 e. The summed E-state index contributed by atoms with van der Waals surface area (Å²) >= 11 is 0. The van der Waals surface area contributed by atoms with E-state index >= 15 is 0 Å². The summed E-state index contributed by atoms with van der Waals surface area (Å²) in [5, 5.41) is 3.32. The smallest absolute Gasteiger partial charge is 0.573 e. The van der Waals surface area contributed by atoms with E-state index in [1.165, 1.54) is 0 Å². The Labute approximate surface area is 167 Å². The predicted octanol–water partition coefficient (Wildman–Crippen LogP) is 0.857. The largest absolute Gasteiger partial charge is 1.00 e. The summed E-state index contributed by atoms with van der Waals surface area (Å²) in [7, 11) is -3.92. The molecule has 0 saturated carbocycles. The average molecular weight is 436 g/mol. The van der Waals surface area contributed by atoms with E-state index in [1.54, 1.807) is 18.2 Å². The van der Waals surface area contributed by atoms with Crippen molar-refractivity contribution in [2.24, 2.45) is 0 Å². The van der Waals surface area contributed by atoms with Gasteiger partial charge in [0.05, 0.1) is 4.90 Å². The number of sulfonamides is 1. The summed E-state index contributed by atoms with van der Waals surface area (Å²) in [5.74, 6) is -0.157. The lowest BCUT2D eigenvalue weighted by Crippen LogP contribution is -3.00. The maximum absolute atomic E-state index is 12.5. The lowest BCUT2D eigenvalue weighted by atomic mass is 9.91. The highest BCUT2D eigenvalue weighted by Gasteiger charge is 2.31. The van der Waals surface area contributed by atoms with E-state index in [0.717, 1.165) is 55.8 Å². The Kier molecular flexibility index (Phi) is 7.19. The van der Waals surface area contributed by atoms with Crippen molar-refractivity contribution in [3.63, 3.8) is 0 Å². The Morgan fingerprint density at radius 3 is 2.43 bits per heavy atom. The van der Waals surface area contributed by atoms with E-state index in [2.05, 4.69) is 14.8 Å². The molecule has 0 radical (unpaired) electrons. The van der Waals surface area contributed by atoms with E-state index in [9.17, 15) is 21.6 Å². The van der Waals surface area contributed by atoms with Gasteiger partial charge in [0.1, 0.15) is 5.75 Å². The number of ether oxygens (including phenoxy) is 1. The third-order valence-corrected chi connectivity index (χ3v) is 5.67. The SMILES string of the molecule is O=S(=O)(Nc1cccc(C2CCCNC2)c1)c1ccc(OC(F)(F)F)cc1.[Cl-]. The Morgan fingerprint density at radius 2 is 1.82 bits per heavy atom. The van der Waals surface area contributed by atoms with Crippen LogP contribution < -0.4 is 27.2 Å². The van der Waals surface area contributed by atoms with Crippen LogP contribution in [0.5, 0.6) is 5.75 Å². The first-order chi connectivity index (χ1) is 12.7. The van der Waals surface area contributed by atoms with Gasteiger partial charge in [-0.05, 0) is 67.3 Å². The van der Waals surface area contributed by atoms with Crippen molar-refractivity contribution >= 4 is 15.7 Å². The molecule has 0 spiro atoms. The number of benzene rings is 2. The fraction of sp³-hybridized carbons (Fsp3) is 0.333. The van der Waals surface area contributed by atoms with Gasteiger partial charge in [-0.15, -0.1) is 13.2 Å². The molecule has 2 aromatic carbocycles. The van der Waals surface area contributed by atoms with Crippen LogP contribution in [0, 0.1) is 0 Å². The van der Waals surface area contributed by atoms with E-state index in [4.69, 9.17) is 0 Å². The molecule has 5 nitrogen and oxygen atoms in total.